The van der Waals surface area contributed by atoms with Gasteiger partial charge in [-0.05, 0) is 65.7 Å². The second kappa shape index (κ2) is 10.7. The monoisotopic (exact) mass is 591 g/mol. The summed E-state index contributed by atoms with van der Waals surface area (Å²) in [7, 11) is 0. The van der Waals surface area contributed by atoms with Crippen LogP contribution in [-0.2, 0) is 0 Å². The Morgan fingerprint density at radius 2 is 1.09 bits per heavy atom. The van der Waals surface area contributed by atoms with Crippen LogP contribution in [0.4, 0.5) is 0 Å². The molecule has 0 saturated heterocycles. The van der Waals surface area contributed by atoms with E-state index in [1.807, 2.05) is 84.9 Å². The fraction of sp³-hybridized carbons (Fsp3) is 0. The molecule has 0 spiro atoms. The molecular weight excluding hydrogens is 566 g/mol. The van der Waals surface area contributed by atoms with Crippen molar-refractivity contribution in [3.05, 3.63) is 152 Å². The molecular formula is C41H25N3O2. The van der Waals surface area contributed by atoms with E-state index < -0.39 is 0 Å². The Hall–Kier alpha value is -6.33. The molecule has 0 aliphatic carbocycles. The average Bonchev–Trinajstić information content (AvgIpc) is 3.74. The molecule has 0 aliphatic rings. The summed E-state index contributed by atoms with van der Waals surface area (Å²) in [6.07, 6.45) is 0. The maximum atomic E-state index is 6.23. The van der Waals surface area contributed by atoms with Gasteiger partial charge >= 0.3 is 0 Å². The topological polar surface area (TPSA) is 65.0 Å². The predicted molar refractivity (Wildman–Crippen MR) is 184 cm³/mol. The molecule has 0 atom stereocenters. The minimum Gasteiger partial charge on any atom is -0.456 e. The standard InChI is InChI=1S/C41H25N3O2/c1-3-11-26(12-4-1)28-15-9-16-29(23-28)34-25-35(31-18-10-20-37-39(31)32-17-7-8-19-36(32)45-37)43-40(42-34)30-21-22-33-38(24-30)46-41(44-33)27-13-5-2-6-14-27/h1-25H. The van der Waals surface area contributed by atoms with Crippen molar-refractivity contribution in [2.24, 2.45) is 0 Å². The summed E-state index contributed by atoms with van der Waals surface area (Å²) in [5.41, 5.74) is 10.8. The third-order valence-corrected chi connectivity index (χ3v) is 8.34. The third-order valence-electron chi connectivity index (χ3n) is 8.34. The highest BCUT2D eigenvalue weighted by atomic mass is 16.3. The van der Waals surface area contributed by atoms with Gasteiger partial charge in [0.15, 0.2) is 11.4 Å². The Kier molecular flexibility index (Phi) is 6.06. The highest BCUT2D eigenvalue weighted by molar-refractivity contribution is 6.12. The van der Waals surface area contributed by atoms with Crippen LogP contribution in [0.25, 0.3) is 89.5 Å². The van der Waals surface area contributed by atoms with Crippen LogP contribution >= 0.6 is 0 Å². The van der Waals surface area contributed by atoms with Crippen molar-refractivity contribution >= 4 is 33.0 Å². The number of fused-ring (bicyclic) bond motifs is 4. The Bertz CT molecular complexity index is 2530. The van der Waals surface area contributed by atoms with Crippen LogP contribution in [0.2, 0.25) is 0 Å². The normalized spacial score (nSPS) is 11.5. The molecule has 0 amide bonds. The molecule has 0 saturated carbocycles. The van der Waals surface area contributed by atoms with Gasteiger partial charge in [-0.15, -0.1) is 0 Å². The number of oxazole rings is 1. The highest BCUT2D eigenvalue weighted by Crippen LogP contribution is 2.38. The van der Waals surface area contributed by atoms with Gasteiger partial charge in [0.2, 0.25) is 5.89 Å². The van der Waals surface area contributed by atoms with E-state index in [0.717, 1.165) is 72.2 Å². The largest absolute Gasteiger partial charge is 0.456 e. The molecule has 0 fully saturated rings. The lowest BCUT2D eigenvalue weighted by molar-refractivity contribution is 0.620. The minimum absolute atomic E-state index is 0.583. The first-order valence-corrected chi connectivity index (χ1v) is 15.2. The van der Waals surface area contributed by atoms with E-state index in [4.69, 9.17) is 23.8 Å². The second-order valence-electron chi connectivity index (χ2n) is 11.3. The van der Waals surface area contributed by atoms with Gasteiger partial charge < -0.3 is 8.83 Å². The maximum absolute atomic E-state index is 6.23. The van der Waals surface area contributed by atoms with Crippen LogP contribution in [-0.4, -0.2) is 15.0 Å². The van der Waals surface area contributed by atoms with Gasteiger partial charge in [-0.2, -0.15) is 0 Å². The van der Waals surface area contributed by atoms with E-state index >= 15 is 0 Å². The van der Waals surface area contributed by atoms with Crippen molar-refractivity contribution in [3.8, 4) is 56.5 Å². The van der Waals surface area contributed by atoms with Crippen LogP contribution in [0.15, 0.2) is 160 Å². The lowest BCUT2D eigenvalue weighted by atomic mass is 9.99. The van der Waals surface area contributed by atoms with Crippen LogP contribution in [0.1, 0.15) is 0 Å². The Labute approximate surface area is 264 Å². The molecule has 0 bridgehead atoms. The van der Waals surface area contributed by atoms with Crippen LogP contribution in [0.3, 0.4) is 0 Å². The van der Waals surface area contributed by atoms with Crippen molar-refractivity contribution in [1.82, 2.24) is 15.0 Å². The summed E-state index contributed by atoms with van der Waals surface area (Å²) in [4.78, 5) is 15.0. The molecule has 9 rings (SSSR count). The second-order valence-corrected chi connectivity index (χ2v) is 11.3. The number of nitrogens with zero attached hydrogens (tertiary/aromatic N) is 3. The lowest BCUT2D eigenvalue weighted by Gasteiger charge is -2.11. The van der Waals surface area contributed by atoms with Gasteiger partial charge in [-0.1, -0.05) is 97.1 Å². The Balaban J connectivity index is 1.25. The third kappa shape index (κ3) is 4.54. The zero-order valence-corrected chi connectivity index (χ0v) is 24.6. The van der Waals surface area contributed by atoms with Gasteiger partial charge in [0.05, 0.1) is 11.4 Å². The van der Waals surface area contributed by atoms with Crippen LogP contribution < -0.4 is 0 Å². The quantitative estimate of drug-likeness (QED) is 0.199. The van der Waals surface area contributed by atoms with Gasteiger partial charge in [-0.3, -0.25) is 0 Å². The SMILES string of the molecule is c1ccc(-c2cccc(-c3cc(-c4cccc5oc6ccccc6c45)nc(-c4ccc5nc(-c6ccccc6)oc5c4)n3)c2)cc1. The molecule has 0 N–H and O–H groups in total. The summed E-state index contributed by atoms with van der Waals surface area (Å²) in [5, 5.41) is 2.09. The number of hydrogen-bond donors (Lipinski definition) is 0. The Morgan fingerprint density at radius 1 is 0.391 bits per heavy atom. The number of furan rings is 1. The molecule has 9 aromatic rings. The zero-order valence-electron chi connectivity index (χ0n) is 24.6. The number of aromatic nitrogens is 3. The molecule has 0 unspecified atom stereocenters. The predicted octanol–water partition coefficient (Wildman–Crippen LogP) is 10.9. The number of benzene rings is 6. The molecule has 5 nitrogen and oxygen atoms in total. The molecule has 46 heavy (non-hydrogen) atoms. The zero-order chi connectivity index (χ0) is 30.5. The van der Waals surface area contributed by atoms with Crippen LogP contribution in [0, 0.1) is 0 Å². The summed E-state index contributed by atoms with van der Waals surface area (Å²) >= 11 is 0. The number of hydrogen-bond acceptors (Lipinski definition) is 5. The van der Waals surface area contributed by atoms with Gasteiger partial charge in [0.25, 0.3) is 0 Å². The van der Waals surface area contributed by atoms with E-state index in [0.29, 0.717) is 17.3 Å². The fourth-order valence-electron chi connectivity index (χ4n) is 6.11. The summed E-state index contributed by atoms with van der Waals surface area (Å²) in [6, 6.07) is 51.1. The van der Waals surface area contributed by atoms with Gasteiger partial charge in [0.1, 0.15) is 16.7 Å². The Morgan fingerprint density at radius 3 is 1.96 bits per heavy atom. The molecule has 0 aliphatic heterocycles. The molecule has 3 aromatic heterocycles. The van der Waals surface area contributed by atoms with Crippen molar-refractivity contribution in [2.75, 3.05) is 0 Å². The van der Waals surface area contributed by atoms with E-state index in [-0.39, 0.29) is 0 Å². The molecule has 3 heterocycles. The molecule has 0 radical (unpaired) electrons. The average molecular weight is 592 g/mol. The van der Waals surface area contributed by atoms with E-state index in [9.17, 15) is 0 Å². The highest BCUT2D eigenvalue weighted by Gasteiger charge is 2.18. The van der Waals surface area contributed by atoms with Gasteiger partial charge in [-0.25, -0.2) is 15.0 Å². The summed E-state index contributed by atoms with van der Waals surface area (Å²) < 4.78 is 12.5. The van der Waals surface area contributed by atoms with Crippen molar-refractivity contribution in [1.29, 1.82) is 0 Å². The molecule has 5 heteroatoms. The van der Waals surface area contributed by atoms with E-state index in [1.165, 1.54) is 0 Å². The smallest absolute Gasteiger partial charge is 0.227 e. The first kappa shape index (κ1) is 26.1. The lowest BCUT2D eigenvalue weighted by Crippen LogP contribution is -1.96. The summed E-state index contributed by atoms with van der Waals surface area (Å²) in [5.74, 6) is 1.18. The van der Waals surface area contributed by atoms with Crippen molar-refractivity contribution in [3.63, 3.8) is 0 Å². The van der Waals surface area contributed by atoms with E-state index in [2.05, 4.69) is 66.7 Å². The molecule has 216 valence electrons. The first-order chi connectivity index (χ1) is 22.8. The minimum atomic E-state index is 0.583. The number of para-hydroxylation sites is 1. The van der Waals surface area contributed by atoms with Crippen molar-refractivity contribution < 1.29 is 8.83 Å². The summed E-state index contributed by atoms with van der Waals surface area (Å²) in [6.45, 7) is 0. The van der Waals surface area contributed by atoms with Crippen molar-refractivity contribution in [2.45, 2.75) is 0 Å². The fourth-order valence-corrected chi connectivity index (χ4v) is 6.11. The van der Waals surface area contributed by atoms with E-state index in [1.54, 1.807) is 0 Å². The maximum Gasteiger partial charge on any atom is 0.227 e. The number of rotatable bonds is 5. The van der Waals surface area contributed by atoms with Crippen LogP contribution in [0.5, 0.6) is 0 Å². The van der Waals surface area contributed by atoms with Gasteiger partial charge in [0, 0.05) is 33.0 Å². The molecule has 6 aromatic carbocycles. The first-order valence-electron chi connectivity index (χ1n) is 15.2.